The Kier molecular flexibility index (Phi) is 4.07. The van der Waals surface area contributed by atoms with Crippen LogP contribution in [-0.4, -0.2) is 60.4 Å². The molecule has 20 heavy (non-hydrogen) atoms. The molecule has 0 saturated carbocycles. The van der Waals surface area contributed by atoms with Crippen LogP contribution in [0.5, 0.6) is 0 Å². The zero-order valence-corrected chi connectivity index (χ0v) is 11.4. The molecule has 0 unspecified atom stereocenters. The molecule has 0 radical (unpaired) electrons. The standard InChI is InChI=1S/C13H16N2O5/c1-9(16)15-6-5-14(8-10(15)13(18)19-2)12(17)11-4-3-7-20-11/h3-4,7,10H,5-6,8H2,1-2H3/t10-/m1/s1. The van der Waals surface area contributed by atoms with Crippen molar-refractivity contribution in [2.45, 2.75) is 13.0 Å². The molecule has 1 atom stereocenters. The maximum atomic E-state index is 12.2. The first kappa shape index (κ1) is 14.1. The predicted molar refractivity (Wildman–Crippen MR) is 67.8 cm³/mol. The number of nitrogens with zero attached hydrogens (tertiary/aromatic N) is 2. The Balaban J connectivity index is 2.14. The molecule has 7 heteroatoms. The van der Waals surface area contributed by atoms with Gasteiger partial charge in [0.2, 0.25) is 5.91 Å². The molecule has 2 rings (SSSR count). The fraction of sp³-hybridized carbons (Fsp3) is 0.462. The van der Waals surface area contributed by atoms with Crippen molar-refractivity contribution in [2.75, 3.05) is 26.7 Å². The smallest absolute Gasteiger partial charge is 0.330 e. The Morgan fingerprint density at radius 1 is 1.35 bits per heavy atom. The van der Waals surface area contributed by atoms with E-state index in [1.165, 1.54) is 30.1 Å². The van der Waals surface area contributed by atoms with Crippen LogP contribution in [-0.2, 0) is 14.3 Å². The third-order valence-corrected chi connectivity index (χ3v) is 3.28. The number of methoxy groups -OCH3 is 1. The van der Waals surface area contributed by atoms with Gasteiger partial charge in [-0.2, -0.15) is 0 Å². The van der Waals surface area contributed by atoms with Crippen LogP contribution in [0.2, 0.25) is 0 Å². The maximum absolute atomic E-state index is 12.2. The molecule has 1 aromatic heterocycles. The summed E-state index contributed by atoms with van der Waals surface area (Å²) in [6, 6.07) is 2.41. The average Bonchev–Trinajstić information content (AvgIpc) is 2.99. The van der Waals surface area contributed by atoms with Crippen molar-refractivity contribution in [1.29, 1.82) is 0 Å². The summed E-state index contributed by atoms with van der Waals surface area (Å²) in [4.78, 5) is 38.4. The number of ether oxygens (including phenoxy) is 1. The zero-order valence-electron chi connectivity index (χ0n) is 11.4. The van der Waals surface area contributed by atoms with E-state index in [1.807, 2.05) is 0 Å². The maximum Gasteiger partial charge on any atom is 0.330 e. The molecular formula is C13H16N2O5. The summed E-state index contributed by atoms with van der Waals surface area (Å²) < 4.78 is 9.75. The number of carbonyl (C=O) groups is 3. The van der Waals surface area contributed by atoms with Gasteiger partial charge in [0.25, 0.3) is 5.91 Å². The lowest BCUT2D eigenvalue weighted by Crippen LogP contribution is -2.59. The highest BCUT2D eigenvalue weighted by atomic mass is 16.5. The number of amides is 2. The van der Waals surface area contributed by atoms with Gasteiger partial charge in [0.05, 0.1) is 19.9 Å². The molecule has 0 bridgehead atoms. The third-order valence-electron chi connectivity index (χ3n) is 3.28. The van der Waals surface area contributed by atoms with E-state index in [4.69, 9.17) is 9.15 Å². The molecular weight excluding hydrogens is 264 g/mol. The van der Waals surface area contributed by atoms with Gasteiger partial charge in [0, 0.05) is 20.0 Å². The highest BCUT2D eigenvalue weighted by Crippen LogP contribution is 2.15. The van der Waals surface area contributed by atoms with E-state index in [0.717, 1.165) is 0 Å². The summed E-state index contributed by atoms with van der Waals surface area (Å²) in [5, 5.41) is 0. The molecule has 0 spiro atoms. The Hall–Kier alpha value is -2.31. The second kappa shape index (κ2) is 5.77. The Morgan fingerprint density at radius 2 is 2.10 bits per heavy atom. The SMILES string of the molecule is COC(=O)[C@H]1CN(C(=O)c2ccco2)CCN1C(C)=O. The molecule has 1 fully saturated rings. The van der Waals surface area contributed by atoms with E-state index in [-0.39, 0.29) is 24.1 Å². The fourth-order valence-electron chi connectivity index (χ4n) is 2.24. The zero-order chi connectivity index (χ0) is 14.7. The Bertz CT molecular complexity index is 511. The van der Waals surface area contributed by atoms with Gasteiger partial charge >= 0.3 is 5.97 Å². The average molecular weight is 280 g/mol. The van der Waals surface area contributed by atoms with Gasteiger partial charge in [-0.3, -0.25) is 9.59 Å². The van der Waals surface area contributed by atoms with Crippen molar-refractivity contribution in [3.8, 4) is 0 Å². The summed E-state index contributed by atoms with van der Waals surface area (Å²) in [5.74, 6) is -0.834. The number of carbonyl (C=O) groups excluding carboxylic acids is 3. The van der Waals surface area contributed by atoms with Crippen LogP contribution < -0.4 is 0 Å². The Morgan fingerprint density at radius 3 is 2.65 bits per heavy atom. The molecule has 0 aromatic carbocycles. The van der Waals surface area contributed by atoms with E-state index in [9.17, 15) is 14.4 Å². The number of furan rings is 1. The highest BCUT2D eigenvalue weighted by Gasteiger charge is 2.37. The van der Waals surface area contributed by atoms with Crippen LogP contribution in [0, 0.1) is 0 Å². The normalized spacial score (nSPS) is 18.8. The van der Waals surface area contributed by atoms with Gasteiger partial charge in [0.1, 0.15) is 6.04 Å². The van der Waals surface area contributed by atoms with Gasteiger partial charge in [0.15, 0.2) is 5.76 Å². The minimum atomic E-state index is -0.773. The van der Waals surface area contributed by atoms with Gasteiger partial charge < -0.3 is 19.0 Å². The van der Waals surface area contributed by atoms with Crippen molar-refractivity contribution in [3.05, 3.63) is 24.2 Å². The van der Waals surface area contributed by atoms with Crippen molar-refractivity contribution in [1.82, 2.24) is 9.80 Å². The summed E-state index contributed by atoms with van der Waals surface area (Å²) >= 11 is 0. The quantitative estimate of drug-likeness (QED) is 0.719. The summed E-state index contributed by atoms with van der Waals surface area (Å²) in [6.45, 7) is 2.14. The van der Waals surface area contributed by atoms with Crippen LogP contribution in [0.4, 0.5) is 0 Å². The van der Waals surface area contributed by atoms with E-state index in [2.05, 4.69) is 0 Å². The minimum absolute atomic E-state index is 0.103. The number of esters is 1. The summed E-state index contributed by atoms with van der Waals surface area (Å²) in [5.41, 5.74) is 0. The van der Waals surface area contributed by atoms with Crippen molar-refractivity contribution < 1.29 is 23.5 Å². The molecule has 2 amide bonds. The van der Waals surface area contributed by atoms with Crippen molar-refractivity contribution in [2.24, 2.45) is 0 Å². The molecule has 0 N–H and O–H groups in total. The summed E-state index contributed by atoms with van der Waals surface area (Å²) in [7, 11) is 1.26. The second-order valence-corrected chi connectivity index (χ2v) is 4.48. The lowest BCUT2D eigenvalue weighted by Gasteiger charge is -2.39. The van der Waals surface area contributed by atoms with Crippen LogP contribution in [0.15, 0.2) is 22.8 Å². The van der Waals surface area contributed by atoms with Gasteiger partial charge in [-0.15, -0.1) is 0 Å². The molecule has 7 nitrogen and oxygen atoms in total. The number of piperazine rings is 1. The van der Waals surface area contributed by atoms with Crippen molar-refractivity contribution >= 4 is 17.8 Å². The van der Waals surface area contributed by atoms with Gasteiger partial charge in [-0.1, -0.05) is 0 Å². The fourth-order valence-corrected chi connectivity index (χ4v) is 2.24. The van der Waals surface area contributed by atoms with Gasteiger partial charge in [-0.25, -0.2) is 4.79 Å². The monoisotopic (exact) mass is 280 g/mol. The van der Waals surface area contributed by atoms with E-state index in [0.29, 0.717) is 13.1 Å². The molecule has 2 heterocycles. The number of hydrogen-bond donors (Lipinski definition) is 0. The first-order valence-corrected chi connectivity index (χ1v) is 6.22. The number of rotatable bonds is 2. The van der Waals surface area contributed by atoms with E-state index < -0.39 is 12.0 Å². The number of hydrogen-bond acceptors (Lipinski definition) is 5. The largest absolute Gasteiger partial charge is 0.467 e. The Labute approximate surface area is 116 Å². The second-order valence-electron chi connectivity index (χ2n) is 4.48. The molecule has 1 aliphatic heterocycles. The van der Waals surface area contributed by atoms with Crippen molar-refractivity contribution in [3.63, 3.8) is 0 Å². The van der Waals surface area contributed by atoms with Crippen LogP contribution >= 0.6 is 0 Å². The molecule has 1 aromatic rings. The topological polar surface area (TPSA) is 80.1 Å². The first-order valence-electron chi connectivity index (χ1n) is 6.22. The summed E-state index contributed by atoms with van der Waals surface area (Å²) in [6.07, 6.45) is 1.41. The third kappa shape index (κ3) is 2.66. The van der Waals surface area contributed by atoms with E-state index in [1.54, 1.807) is 12.1 Å². The first-order chi connectivity index (χ1) is 9.54. The molecule has 1 saturated heterocycles. The van der Waals surface area contributed by atoms with Crippen LogP contribution in [0.3, 0.4) is 0 Å². The highest BCUT2D eigenvalue weighted by molar-refractivity contribution is 5.92. The minimum Gasteiger partial charge on any atom is -0.467 e. The predicted octanol–water partition coefficient (Wildman–Crippen LogP) is 0.125. The molecule has 108 valence electrons. The molecule has 0 aliphatic carbocycles. The molecule has 1 aliphatic rings. The lowest BCUT2D eigenvalue weighted by molar-refractivity contribution is -0.154. The van der Waals surface area contributed by atoms with Crippen LogP contribution in [0.1, 0.15) is 17.5 Å². The van der Waals surface area contributed by atoms with E-state index >= 15 is 0 Å². The van der Waals surface area contributed by atoms with Gasteiger partial charge in [-0.05, 0) is 12.1 Å². The lowest BCUT2D eigenvalue weighted by atomic mass is 10.1. The van der Waals surface area contributed by atoms with Crippen LogP contribution in [0.25, 0.3) is 0 Å².